The maximum absolute atomic E-state index is 13.4. The van der Waals surface area contributed by atoms with Crippen LogP contribution < -0.4 is 15.4 Å². The minimum atomic E-state index is -0.459. The van der Waals surface area contributed by atoms with E-state index in [2.05, 4.69) is 10.6 Å². The minimum Gasteiger partial charge on any atom is -0.497 e. The molecule has 0 unspecified atom stereocenters. The third-order valence-corrected chi connectivity index (χ3v) is 2.81. The molecule has 1 aromatic carbocycles. The van der Waals surface area contributed by atoms with Gasteiger partial charge in [-0.2, -0.15) is 0 Å². The Hall–Kier alpha value is -1.62. The molecule has 0 aromatic heterocycles. The summed E-state index contributed by atoms with van der Waals surface area (Å²) in [7, 11) is 1.50. The third kappa shape index (κ3) is 3.70. The Morgan fingerprint density at radius 1 is 1.50 bits per heavy atom. The summed E-state index contributed by atoms with van der Waals surface area (Å²) in [6.07, 6.45) is 2.71. The van der Waals surface area contributed by atoms with Gasteiger partial charge in [0.25, 0.3) is 0 Å². The number of methoxy groups -OCH3 is 1. The highest BCUT2D eigenvalue weighted by atomic mass is 19.1. The molecular formula is C13H17FN2O2. The highest BCUT2D eigenvalue weighted by molar-refractivity contribution is 5.91. The van der Waals surface area contributed by atoms with Gasteiger partial charge in [-0.1, -0.05) is 0 Å². The van der Waals surface area contributed by atoms with Crippen molar-refractivity contribution in [1.82, 2.24) is 5.32 Å². The van der Waals surface area contributed by atoms with Crippen LogP contribution in [-0.4, -0.2) is 25.6 Å². The van der Waals surface area contributed by atoms with Gasteiger partial charge in [0.2, 0.25) is 5.91 Å². The number of hydrogen-bond acceptors (Lipinski definition) is 3. The number of amides is 1. The first-order chi connectivity index (χ1) is 8.69. The number of carbonyl (C=O) groups is 1. The van der Waals surface area contributed by atoms with E-state index in [-0.39, 0.29) is 11.6 Å². The molecule has 4 nitrogen and oxygen atoms in total. The van der Waals surface area contributed by atoms with E-state index in [1.165, 1.54) is 38.2 Å². The molecule has 0 heterocycles. The normalized spacial score (nSPS) is 14.3. The molecule has 2 rings (SSSR count). The third-order valence-electron chi connectivity index (χ3n) is 2.81. The van der Waals surface area contributed by atoms with Crippen LogP contribution in [0.4, 0.5) is 10.1 Å². The van der Waals surface area contributed by atoms with Gasteiger partial charge in [0.15, 0.2) is 0 Å². The monoisotopic (exact) mass is 252 g/mol. The molecule has 5 heteroatoms. The standard InChI is InChI=1S/C13H17FN2O2/c1-18-10-4-5-11(14)12(8-10)16-13(17)6-7-15-9-2-3-9/h4-5,8-9,15H,2-3,6-7H2,1H3,(H,16,17). The number of ether oxygens (including phenoxy) is 1. The van der Waals surface area contributed by atoms with Crippen molar-refractivity contribution in [2.24, 2.45) is 0 Å². The lowest BCUT2D eigenvalue weighted by molar-refractivity contribution is -0.116. The smallest absolute Gasteiger partial charge is 0.225 e. The van der Waals surface area contributed by atoms with E-state index in [4.69, 9.17) is 4.74 Å². The highest BCUT2D eigenvalue weighted by Crippen LogP contribution is 2.21. The van der Waals surface area contributed by atoms with Crippen molar-refractivity contribution in [1.29, 1.82) is 0 Å². The van der Waals surface area contributed by atoms with Gasteiger partial charge in [-0.05, 0) is 25.0 Å². The second kappa shape index (κ2) is 5.82. The van der Waals surface area contributed by atoms with Gasteiger partial charge in [-0.25, -0.2) is 4.39 Å². The lowest BCUT2D eigenvalue weighted by Gasteiger charge is -2.08. The average Bonchev–Trinajstić information content (AvgIpc) is 3.16. The fourth-order valence-electron chi connectivity index (χ4n) is 1.62. The summed E-state index contributed by atoms with van der Waals surface area (Å²) in [6, 6.07) is 4.84. The van der Waals surface area contributed by atoms with Gasteiger partial charge in [-0.15, -0.1) is 0 Å². The molecule has 0 aliphatic heterocycles. The van der Waals surface area contributed by atoms with Crippen LogP contribution in [0.5, 0.6) is 5.75 Å². The van der Waals surface area contributed by atoms with Gasteiger partial charge in [-0.3, -0.25) is 4.79 Å². The predicted octanol–water partition coefficient (Wildman–Crippen LogP) is 1.91. The highest BCUT2D eigenvalue weighted by Gasteiger charge is 2.20. The van der Waals surface area contributed by atoms with Gasteiger partial charge in [0.05, 0.1) is 12.8 Å². The Morgan fingerprint density at radius 2 is 2.28 bits per heavy atom. The van der Waals surface area contributed by atoms with Gasteiger partial charge in [0.1, 0.15) is 11.6 Å². The molecular weight excluding hydrogens is 235 g/mol. The maximum atomic E-state index is 13.4. The van der Waals surface area contributed by atoms with Crippen molar-refractivity contribution in [3.05, 3.63) is 24.0 Å². The van der Waals surface area contributed by atoms with Crippen molar-refractivity contribution in [3.8, 4) is 5.75 Å². The quantitative estimate of drug-likeness (QED) is 0.813. The molecule has 1 fully saturated rings. The van der Waals surface area contributed by atoms with E-state index in [1.54, 1.807) is 0 Å². The van der Waals surface area contributed by atoms with Crippen LogP contribution in [0.15, 0.2) is 18.2 Å². The van der Waals surface area contributed by atoms with Crippen LogP contribution in [0.2, 0.25) is 0 Å². The molecule has 2 N–H and O–H groups in total. The molecule has 1 aliphatic carbocycles. The molecule has 0 saturated heterocycles. The second-order valence-corrected chi connectivity index (χ2v) is 4.37. The van der Waals surface area contributed by atoms with Crippen LogP contribution >= 0.6 is 0 Å². The summed E-state index contributed by atoms with van der Waals surface area (Å²) >= 11 is 0. The first-order valence-corrected chi connectivity index (χ1v) is 6.06. The lowest BCUT2D eigenvalue weighted by atomic mass is 10.2. The summed E-state index contributed by atoms with van der Waals surface area (Å²) < 4.78 is 18.4. The zero-order valence-corrected chi connectivity index (χ0v) is 10.3. The average molecular weight is 252 g/mol. The summed E-state index contributed by atoms with van der Waals surface area (Å²) in [5.74, 6) is -0.141. The first kappa shape index (κ1) is 12.8. The Labute approximate surface area is 106 Å². The van der Waals surface area contributed by atoms with Crippen LogP contribution in [0, 0.1) is 5.82 Å². The molecule has 0 atom stereocenters. The first-order valence-electron chi connectivity index (χ1n) is 6.06. The number of rotatable bonds is 6. The van der Waals surface area contributed by atoms with Crippen molar-refractivity contribution in [2.75, 3.05) is 19.0 Å². The van der Waals surface area contributed by atoms with Crippen LogP contribution in [0.25, 0.3) is 0 Å². The Bertz CT molecular complexity index is 433. The summed E-state index contributed by atoms with van der Waals surface area (Å²) in [5.41, 5.74) is 0.158. The molecule has 1 aromatic rings. The molecule has 1 aliphatic rings. The van der Waals surface area contributed by atoms with Crippen molar-refractivity contribution in [3.63, 3.8) is 0 Å². The topological polar surface area (TPSA) is 50.4 Å². The van der Waals surface area contributed by atoms with E-state index in [0.717, 1.165) is 0 Å². The largest absolute Gasteiger partial charge is 0.497 e. The van der Waals surface area contributed by atoms with E-state index in [1.807, 2.05) is 0 Å². The SMILES string of the molecule is COc1ccc(F)c(NC(=O)CCNC2CC2)c1. The van der Waals surface area contributed by atoms with Crippen molar-refractivity contribution < 1.29 is 13.9 Å². The Balaban J connectivity index is 1.84. The second-order valence-electron chi connectivity index (χ2n) is 4.37. The van der Waals surface area contributed by atoms with Crippen LogP contribution in [0.3, 0.4) is 0 Å². The summed E-state index contributed by atoms with van der Waals surface area (Å²) in [4.78, 5) is 11.6. The Morgan fingerprint density at radius 3 is 2.94 bits per heavy atom. The predicted molar refractivity (Wildman–Crippen MR) is 67.2 cm³/mol. The van der Waals surface area contributed by atoms with Crippen LogP contribution in [-0.2, 0) is 4.79 Å². The molecule has 0 bridgehead atoms. The fraction of sp³-hybridized carbons (Fsp3) is 0.462. The van der Waals surface area contributed by atoms with Crippen molar-refractivity contribution >= 4 is 11.6 Å². The van der Waals surface area contributed by atoms with Gasteiger partial charge >= 0.3 is 0 Å². The van der Waals surface area contributed by atoms with Gasteiger partial charge in [0, 0.05) is 25.1 Å². The summed E-state index contributed by atoms with van der Waals surface area (Å²) in [5, 5.41) is 5.78. The summed E-state index contributed by atoms with van der Waals surface area (Å²) in [6.45, 7) is 0.627. The number of benzene rings is 1. The lowest BCUT2D eigenvalue weighted by Crippen LogP contribution is -2.23. The Kier molecular flexibility index (Phi) is 4.15. The van der Waals surface area contributed by atoms with E-state index in [9.17, 15) is 9.18 Å². The van der Waals surface area contributed by atoms with Gasteiger partial charge < -0.3 is 15.4 Å². The van der Waals surface area contributed by atoms with Crippen LogP contribution in [0.1, 0.15) is 19.3 Å². The van der Waals surface area contributed by atoms with Crippen molar-refractivity contribution in [2.45, 2.75) is 25.3 Å². The zero-order valence-electron chi connectivity index (χ0n) is 10.3. The molecule has 1 amide bonds. The molecule has 18 heavy (non-hydrogen) atoms. The minimum absolute atomic E-state index is 0.158. The van der Waals surface area contributed by atoms with E-state index >= 15 is 0 Å². The molecule has 1 saturated carbocycles. The number of carbonyl (C=O) groups excluding carboxylic acids is 1. The number of anilines is 1. The molecule has 98 valence electrons. The zero-order chi connectivity index (χ0) is 13.0. The fourth-order valence-corrected chi connectivity index (χ4v) is 1.62. The van der Waals surface area contributed by atoms with E-state index < -0.39 is 5.82 Å². The molecule has 0 spiro atoms. The number of nitrogens with one attached hydrogen (secondary N) is 2. The van der Waals surface area contributed by atoms with E-state index in [0.29, 0.717) is 24.8 Å². The number of hydrogen-bond donors (Lipinski definition) is 2. The number of halogens is 1. The molecule has 0 radical (unpaired) electrons. The maximum Gasteiger partial charge on any atom is 0.225 e.